The molecule has 1 N–H and O–H groups in total. The van der Waals surface area contributed by atoms with Gasteiger partial charge in [-0.15, -0.1) is 0 Å². The molecule has 0 unspecified atom stereocenters. The molecule has 0 spiro atoms. The first-order valence-electron chi connectivity index (χ1n) is 8.18. The highest BCUT2D eigenvalue weighted by Crippen LogP contribution is 2.27. The number of fused-ring (bicyclic) bond motifs is 1. The number of anilines is 1. The zero-order chi connectivity index (χ0) is 15.4. The van der Waals surface area contributed by atoms with Crippen LogP contribution >= 0.6 is 0 Å². The van der Waals surface area contributed by atoms with Crippen molar-refractivity contribution in [1.29, 1.82) is 0 Å². The van der Waals surface area contributed by atoms with Crippen LogP contribution in [-0.2, 0) is 0 Å². The van der Waals surface area contributed by atoms with Crippen molar-refractivity contribution < 1.29 is 4.74 Å². The van der Waals surface area contributed by atoms with E-state index in [-0.39, 0.29) is 0 Å². The number of hydrogen-bond donors (Lipinski definition) is 1. The smallest absolute Gasteiger partial charge is 0.145 e. The molecule has 3 rings (SSSR count). The van der Waals surface area contributed by atoms with Crippen LogP contribution in [0.1, 0.15) is 24.8 Å². The maximum atomic E-state index is 5.44. The van der Waals surface area contributed by atoms with E-state index in [1.54, 1.807) is 7.11 Å². The number of para-hydroxylation sites is 1. The lowest BCUT2D eigenvalue weighted by molar-refractivity contribution is 0.237. The first-order valence-corrected chi connectivity index (χ1v) is 8.18. The number of pyridine rings is 1. The number of rotatable bonds is 5. The molecule has 1 aromatic heterocycles. The molecule has 0 saturated carbocycles. The first kappa shape index (κ1) is 15.1. The largest absolute Gasteiger partial charge is 0.494 e. The number of hydrogen-bond acceptors (Lipinski definition) is 4. The van der Waals surface area contributed by atoms with Gasteiger partial charge in [0.25, 0.3) is 0 Å². The van der Waals surface area contributed by atoms with Crippen LogP contribution in [0.5, 0.6) is 5.75 Å². The van der Waals surface area contributed by atoms with E-state index in [0.29, 0.717) is 0 Å². The third-order valence-corrected chi connectivity index (χ3v) is 4.41. The standard InChI is InChI=1S/C18H25N3O/c1-14-13-17(19-9-12-21-10-4-3-5-11-21)20-18-15(14)7-6-8-16(18)22-2/h6-8,13H,3-5,9-12H2,1-2H3,(H,19,20). The van der Waals surface area contributed by atoms with E-state index in [0.717, 1.165) is 35.6 Å². The summed E-state index contributed by atoms with van der Waals surface area (Å²) in [5, 5.41) is 4.62. The minimum atomic E-state index is 0.834. The maximum absolute atomic E-state index is 5.44. The molecule has 118 valence electrons. The summed E-state index contributed by atoms with van der Waals surface area (Å²) in [6.07, 6.45) is 4.06. The van der Waals surface area contributed by atoms with Crippen molar-refractivity contribution in [2.24, 2.45) is 0 Å². The normalized spacial score (nSPS) is 15.9. The van der Waals surface area contributed by atoms with Crippen molar-refractivity contribution in [3.63, 3.8) is 0 Å². The van der Waals surface area contributed by atoms with Crippen molar-refractivity contribution >= 4 is 16.7 Å². The summed E-state index contributed by atoms with van der Waals surface area (Å²) in [7, 11) is 1.70. The van der Waals surface area contributed by atoms with E-state index in [2.05, 4.69) is 29.3 Å². The fraction of sp³-hybridized carbons (Fsp3) is 0.500. The van der Waals surface area contributed by atoms with Crippen molar-refractivity contribution in [1.82, 2.24) is 9.88 Å². The number of aromatic nitrogens is 1. The molecule has 4 heteroatoms. The van der Waals surface area contributed by atoms with E-state index in [4.69, 9.17) is 9.72 Å². The number of ether oxygens (including phenoxy) is 1. The summed E-state index contributed by atoms with van der Waals surface area (Å²) in [5.74, 6) is 1.77. The minimum Gasteiger partial charge on any atom is -0.494 e. The van der Waals surface area contributed by atoms with E-state index in [1.807, 2.05) is 12.1 Å². The highest BCUT2D eigenvalue weighted by molar-refractivity contribution is 5.88. The van der Waals surface area contributed by atoms with Crippen molar-refractivity contribution in [2.45, 2.75) is 26.2 Å². The third kappa shape index (κ3) is 3.33. The summed E-state index contributed by atoms with van der Waals surface area (Å²) in [6.45, 7) is 6.62. The molecule has 0 atom stereocenters. The Morgan fingerprint density at radius 3 is 2.82 bits per heavy atom. The van der Waals surface area contributed by atoms with Gasteiger partial charge in [0.2, 0.25) is 0 Å². The monoisotopic (exact) mass is 299 g/mol. The molecule has 0 radical (unpaired) electrons. The molecule has 0 aliphatic carbocycles. The van der Waals surface area contributed by atoms with Gasteiger partial charge < -0.3 is 15.0 Å². The van der Waals surface area contributed by atoms with Gasteiger partial charge in [-0.25, -0.2) is 4.98 Å². The van der Waals surface area contributed by atoms with Gasteiger partial charge in [0, 0.05) is 18.5 Å². The third-order valence-electron chi connectivity index (χ3n) is 4.41. The fourth-order valence-corrected chi connectivity index (χ4v) is 3.17. The Hall–Kier alpha value is -1.81. The van der Waals surface area contributed by atoms with Gasteiger partial charge in [0.1, 0.15) is 17.1 Å². The molecule has 1 fully saturated rings. The molecule has 1 aromatic carbocycles. The SMILES string of the molecule is COc1cccc2c(C)cc(NCCN3CCCCC3)nc12. The van der Waals surface area contributed by atoms with E-state index in [1.165, 1.54) is 37.9 Å². The second-order valence-electron chi connectivity index (χ2n) is 6.01. The van der Waals surface area contributed by atoms with Crippen LogP contribution in [-0.4, -0.2) is 43.2 Å². The van der Waals surface area contributed by atoms with Gasteiger partial charge in [-0.05, 0) is 50.6 Å². The fourth-order valence-electron chi connectivity index (χ4n) is 3.17. The van der Waals surface area contributed by atoms with E-state index in [9.17, 15) is 0 Å². The Balaban J connectivity index is 1.71. The number of nitrogens with one attached hydrogen (secondary N) is 1. The Morgan fingerprint density at radius 2 is 2.05 bits per heavy atom. The lowest BCUT2D eigenvalue weighted by Crippen LogP contribution is -2.33. The minimum absolute atomic E-state index is 0.834. The van der Waals surface area contributed by atoms with Crippen molar-refractivity contribution in [3.8, 4) is 5.75 Å². The average molecular weight is 299 g/mol. The van der Waals surface area contributed by atoms with Crippen molar-refractivity contribution in [3.05, 3.63) is 29.8 Å². The van der Waals surface area contributed by atoms with E-state index < -0.39 is 0 Å². The molecular weight excluding hydrogens is 274 g/mol. The average Bonchev–Trinajstić information content (AvgIpc) is 2.55. The van der Waals surface area contributed by atoms with Gasteiger partial charge in [-0.3, -0.25) is 0 Å². The number of methoxy groups -OCH3 is 1. The molecule has 1 aliphatic rings. The molecule has 22 heavy (non-hydrogen) atoms. The first-order chi connectivity index (χ1) is 10.8. The predicted octanol–water partition coefficient (Wildman–Crippen LogP) is 3.45. The Labute approximate surface area is 132 Å². The van der Waals surface area contributed by atoms with Crippen LogP contribution in [0.2, 0.25) is 0 Å². The molecule has 2 aromatic rings. The van der Waals surface area contributed by atoms with E-state index >= 15 is 0 Å². The van der Waals surface area contributed by atoms with Gasteiger partial charge in [0.15, 0.2) is 0 Å². The zero-order valence-corrected chi connectivity index (χ0v) is 13.6. The van der Waals surface area contributed by atoms with Gasteiger partial charge in [0.05, 0.1) is 7.11 Å². The summed E-state index contributed by atoms with van der Waals surface area (Å²) < 4.78 is 5.44. The summed E-state index contributed by atoms with van der Waals surface area (Å²) in [5.41, 5.74) is 2.16. The van der Waals surface area contributed by atoms with Crippen molar-refractivity contribution in [2.75, 3.05) is 38.6 Å². The lowest BCUT2D eigenvalue weighted by atomic mass is 10.1. The van der Waals surface area contributed by atoms with Crippen LogP contribution in [0.25, 0.3) is 10.9 Å². The van der Waals surface area contributed by atoms with Crippen LogP contribution in [0, 0.1) is 6.92 Å². The molecule has 0 amide bonds. The van der Waals surface area contributed by atoms with Crippen LogP contribution in [0.4, 0.5) is 5.82 Å². The molecule has 1 saturated heterocycles. The van der Waals surface area contributed by atoms with Crippen LogP contribution in [0.15, 0.2) is 24.3 Å². The van der Waals surface area contributed by atoms with Crippen LogP contribution in [0.3, 0.4) is 0 Å². The number of piperidine rings is 1. The predicted molar refractivity (Wildman–Crippen MR) is 91.8 cm³/mol. The molecule has 0 bridgehead atoms. The topological polar surface area (TPSA) is 37.4 Å². The number of likely N-dealkylation sites (tertiary alicyclic amines) is 1. The number of nitrogens with zero attached hydrogens (tertiary/aromatic N) is 2. The summed E-state index contributed by atoms with van der Waals surface area (Å²) in [6, 6.07) is 8.20. The Kier molecular flexibility index (Phi) is 4.78. The molecule has 2 heterocycles. The quantitative estimate of drug-likeness (QED) is 0.917. The van der Waals surface area contributed by atoms with Crippen LogP contribution < -0.4 is 10.1 Å². The second kappa shape index (κ2) is 6.97. The highest BCUT2D eigenvalue weighted by Gasteiger charge is 2.10. The van der Waals surface area contributed by atoms with Gasteiger partial charge >= 0.3 is 0 Å². The summed E-state index contributed by atoms with van der Waals surface area (Å²) >= 11 is 0. The zero-order valence-electron chi connectivity index (χ0n) is 13.6. The lowest BCUT2D eigenvalue weighted by Gasteiger charge is -2.26. The molecular formula is C18H25N3O. The number of aryl methyl sites for hydroxylation is 1. The Morgan fingerprint density at radius 1 is 1.23 bits per heavy atom. The second-order valence-corrected chi connectivity index (χ2v) is 6.01. The summed E-state index contributed by atoms with van der Waals surface area (Å²) in [4.78, 5) is 7.27. The Bertz CT molecular complexity index is 636. The highest BCUT2D eigenvalue weighted by atomic mass is 16.5. The molecule has 1 aliphatic heterocycles. The van der Waals surface area contributed by atoms with Gasteiger partial charge in [-0.1, -0.05) is 18.6 Å². The van der Waals surface area contributed by atoms with Gasteiger partial charge in [-0.2, -0.15) is 0 Å². The maximum Gasteiger partial charge on any atom is 0.145 e. The number of benzene rings is 1. The molecule has 4 nitrogen and oxygen atoms in total.